The number of rotatable bonds is 2. The molecule has 23 heavy (non-hydrogen) atoms. The van der Waals surface area contributed by atoms with E-state index >= 15 is 0 Å². The maximum absolute atomic E-state index is 13.7. The number of nitrogens with zero attached hydrogens (tertiary/aromatic N) is 4. The van der Waals surface area contributed by atoms with Crippen molar-refractivity contribution < 1.29 is 18.0 Å². The number of hydrogen-bond donors (Lipinski definition) is 0. The number of aromatic nitrogens is 2. The van der Waals surface area contributed by atoms with Gasteiger partial charge in [0, 0.05) is 26.2 Å². The van der Waals surface area contributed by atoms with Crippen molar-refractivity contribution in [2.75, 3.05) is 31.1 Å². The second-order valence-electron chi connectivity index (χ2n) is 5.11. The average Bonchev–Trinajstić information content (AvgIpc) is 2.99. The van der Waals surface area contributed by atoms with Crippen molar-refractivity contribution in [3.63, 3.8) is 0 Å². The third-order valence-corrected chi connectivity index (χ3v) is 4.52. The van der Waals surface area contributed by atoms with E-state index in [0.717, 1.165) is 22.3 Å². The Morgan fingerprint density at radius 3 is 2.39 bits per heavy atom. The number of hydrogen-bond acceptors (Lipinski definition) is 5. The van der Waals surface area contributed by atoms with Crippen LogP contribution in [0.3, 0.4) is 0 Å². The average molecular weight is 342 g/mol. The molecule has 0 atom stereocenters. The summed E-state index contributed by atoms with van der Waals surface area (Å²) < 4.78 is 39.9. The van der Waals surface area contributed by atoms with E-state index in [0.29, 0.717) is 26.2 Å². The quantitative estimate of drug-likeness (QED) is 0.786. The number of piperazine rings is 1. The van der Waals surface area contributed by atoms with E-state index < -0.39 is 28.9 Å². The summed E-state index contributed by atoms with van der Waals surface area (Å²) in [6.45, 7) is 3.58. The molecule has 0 aliphatic carbocycles. The molecule has 0 spiro atoms. The Morgan fingerprint density at radius 1 is 1.09 bits per heavy atom. The van der Waals surface area contributed by atoms with Gasteiger partial charge in [-0.1, -0.05) is 11.3 Å². The molecule has 1 saturated heterocycles. The Morgan fingerprint density at radius 2 is 1.78 bits per heavy atom. The van der Waals surface area contributed by atoms with Crippen LogP contribution >= 0.6 is 11.3 Å². The maximum Gasteiger partial charge on any atom is 0.257 e. The maximum atomic E-state index is 13.7. The Labute approximate surface area is 134 Å². The molecule has 0 unspecified atom stereocenters. The van der Waals surface area contributed by atoms with Crippen LogP contribution in [0.15, 0.2) is 12.1 Å². The zero-order valence-corrected chi connectivity index (χ0v) is 13.0. The van der Waals surface area contributed by atoms with Gasteiger partial charge in [0.25, 0.3) is 5.91 Å². The molecule has 2 aromatic rings. The van der Waals surface area contributed by atoms with E-state index in [-0.39, 0.29) is 0 Å². The third kappa shape index (κ3) is 3.00. The van der Waals surface area contributed by atoms with Crippen molar-refractivity contribution in [2.24, 2.45) is 0 Å². The number of halogens is 3. The third-order valence-electron chi connectivity index (χ3n) is 3.62. The molecule has 1 aromatic carbocycles. The predicted octanol–water partition coefficient (Wildman–Crippen LogP) is 2.23. The molecule has 1 aromatic heterocycles. The predicted molar refractivity (Wildman–Crippen MR) is 79.1 cm³/mol. The minimum absolute atomic E-state index is 0.343. The molecule has 1 aliphatic rings. The van der Waals surface area contributed by atoms with Gasteiger partial charge in [-0.2, -0.15) is 0 Å². The first-order chi connectivity index (χ1) is 11.0. The molecule has 2 heterocycles. The highest BCUT2D eigenvalue weighted by Crippen LogP contribution is 2.22. The van der Waals surface area contributed by atoms with Crippen LogP contribution in [0.4, 0.5) is 18.3 Å². The lowest BCUT2D eigenvalue weighted by Crippen LogP contribution is -2.49. The zero-order chi connectivity index (χ0) is 16.6. The van der Waals surface area contributed by atoms with E-state index in [9.17, 15) is 18.0 Å². The van der Waals surface area contributed by atoms with Crippen molar-refractivity contribution in [1.82, 2.24) is 15.1 Å². The SMILES string of the molecule is Cc1nnc(N2CCN(C(=O)c3ccc(F)c(F)c3F)CC2)s1. The molecule has 9 heteroatoms. The fourth-order valence-electron chi connectivity index (χ4n) is 2.38. The normalized spacial score (nSPS) is 15.1. The molecule has 1 fully saturated rings. The van der Waals surface area contributed by atoms with Crippen molar-refractivity contribution in [2.45, 2.75) is 6.92 Å². The van der Waals surface area contributed by atoms with E-state index in [1.165, 1.54) is 16.2 Å². The van der Waals surface area contributed by atoms with Gasteiger partial charge in [0.15, 0.2) is 17.5 Å². The minimum Gasteiger partial charge on any atom is -0.343 e. The Hall–Kier alpha value is -2.16. The topological polar surface area (TPSA) is 49.3 Å². The van der Waals surface area contributed by atoms with Gasteiger partial charge in [0.05, 0.1) is 5.56 Å². The molecular formula is C14H13F3N4OS. The van der Waals surface area contributed by atoms with Crippen LogP contribution in [-0.4, -0.2) is 47.2 Å². The molecule has 5 nitrogen and oxygen atoms in total. The molecule has 122 valence electrons. The second-order valence-corrected chi connectivity index (χ2v) is 6.27. The Balaban J connectivity index is 1.70. The summed E-state index contributed by atoms with van der Waals surface area (Å²) in [5.74, 6) is -5.03. The standard InChI is InChI=1S/C14H13F3N4OS/c1-8-18-19-14(23-8)21-6-4-20(5-7-21)13(22)9-2-3-10(15)12(17)11(9)16/h2-3H,4-7H2,1H3. The monoisotopic (exact) mass is 342 g/mol. The van der Waals surface area contributed by atoms with Gasteiger partial charge in [0.2, 0.25) is 5.13 Å². The zero-order valence-electron chi connectivity index (χ0n) is 12.2. The lowest BCUT2D eigenvalue weighted by atomic mass is 10.1. The highest BCUT2D eigenvalue weighted by atomic mass is 32.1. The number of amides is 1. The van der Waals surface area contributed by atoms with Crippen LogP contribution < -0.4 is 4.90 Å². The van der Waals surface area contributed by atoms with Crippen LogP contribution in [0.5, 0.6) is 0 Å². The lowest BCUT2D eigenvalue weighted by Gasteiger charge is -2.34. The number of carbonyl (C=O) groups excluding carboxylic acids is 1. The van der Waals surface area contributed by atoms with Gasteiger partial charge in [-0.05, 0) is 19.1 Å². The minimum atomic E-state index is -1.63. The van der Waals surface area contributed by atoms with E-state index in [4.69, 9.17) is 0 Å². The molecule has 0 saturated carbocycles. The molecular weight excluding hydrogens is 329 g/mol. The first kappa shape index (κ1) is 15.7. The fourth-order valence-corrected chi connectivity index (χ4v) is 3.12. The largest absolute Gasteiger partial charge is 0.343 e. The van der Waals surface area contributed by atoms with Gasteiger partial charge in [-0.25, -0.2) is 13.2 Å². The van der Waals surface area contributed by atoms with Crippen LogP contribution in [0.1, 0.15) is 15.4 Å². The molecule has 3 rings (SSSR count). The van der Waals surface area contributed by atoms with Crippen LogP contribution in [0.2, 0.25) is 0 Å². The van der Waals surface area contributed by atoms with E-state index in [2.05, 4.69) is 10.2 Å². The van der Waals surface area contributed by atoms with Gasteiger partial charge < -0.3 is 9.80 Å². The van der Waals surface area contributed by atoms with E-state index in [1.54, 1.807) is 0 Å². The highest BCUT2D eigenvalue weighted by molar-refractivity contribution is 7.15. The molecule has 1 amide bonds. The summed E-state index contributed by atoms with van der Waals surface area (Å²) in [6, 6.07) is 1.72. The van der Waals surface area contributed by atoms with Crippen molar-refractivity contribution in [3.8, 4) is 0 Å². The number of benzene rings is 1. The number of anilines is 1. The van der Waals surface area contributed by atoms with Crippen LogP contribution in [0.25, 0.3) is 0 Å². The van der Waals surface area contributed by atoms with Gasteiger partial charge in [-0.15, -0.1) is 10.2 Å². The van der Waals surface area contributed by atoms with Gasteiger partial charge in [0.1, 0.15) is 5.01 Å². The lowest BCUT2D eigenvalue weighted by molar-refractivity contribution is 0.0740. The molecule has 0 N–H and O–H groups in total. The summed E-state index contributed by atoms with van der Waals surface area (Å²) in [5, 5.41) is 9.61. The van der Waals surface area contributed by atoms with Crippen LogP contribution in [-0.2, 0) is 0 Å². The summed E-state index contributed by atoms with van der Waals surface area (Å²) in [5.41, 5.74) is -0.455. The van der Waals surface area contributed by atoms with Crippen molar-refractivity contribution >= 4 is 22.4 Å². The van der Waals surface area contributed by atoms with Crippen molar-refractivity contribution in [3.05, 3.63) is 40.2 Å². The molecule has 1 aliphatic heterocycles. The van der Waals surface area contributed by atoms with Gasteiger partial charge in [-0.3, -0.25) is 4.79 Å². The Bertz CT molecular complexity index is 744. The fraction of sp³-hybridized carbons (Fsp3) is 0.357. The smallest absolute Gasteiger partial charge is 0.257 e. The molecule has 0 bridgehead atoms. The first-order valence-corrected chi connectivity index (χ1v) is 7.77. The molecule has 0 radical (unpaired) electrons. The summed E-state index contributed by atoms with van der Waals surface area (Å²) in [7, 11) is 0. The first-order valence-electron chi connectivity index (χ1n) is 6.95. The van der Waals surface area contributed by atoms with E-state index in [1.807, 2.05) is 11.8 Å². The van der Waals surface area contributed by atoms with Crippen LogP contribution in [0, 0.1) is 24.4 Å². The number of carbonyl (C=O) groups is 1. The Kier molecular flexibility index (Phi) is 4.20. The second kappa shape index (κ2) is 6.15. The van der Waals surface area contributed by atoms with Gasteiger partial charge >= 0.3 is 0 Å². The van der Waals surface area contributed by atoms with Crippen molar-refractivity contribution in [1.29, 1.82) is 0 Å². The summed E-state index contributed by atoms with van der Waals surface area (Å²) in [4.78, 5) is 15.7. The highest BCUT2D eigenvalue weighted by Gasteiger charge is 2.27. The summed E-state index contributed by atoms with van der Waals surface area (Å²) in [6.07, 6.45) is 0. The summed E-state index contributed by atoms with van der Waals surface area (Å²) >= 11 is 1.46. The number of aryl methyl sites for hydroxylation is 1.